The lowest BCUT2D eigenvalue weighted by atomic mass is 10.0. The number of piperidine rings is 1. The molecule has 0 atom stereocenters. The minimum absolute atomic E-state index is 0.00372. The smallest absolute Gasteiger partial charge is 0.251 e. The van der Waals surface area contributed by atoms with Gasteiger partial charge in [0.25, 0.3) is 5.91 Å². The van der Waals surface area contributed by atoms with Crippen LogP contribution >= 0.6 is 0 Å². The minimum Gasteiger partial charge on any atom is -0.349 e. The summed E-state index contributed by atoms with van der Waals surface area (Å²) in [5.41, 5.74) is 0.609. The highest BCUT2D eigenvalue weighted by Crippen LogP contribution is 2.18. The average Bonchev–Trinajstić information content (AvgIpc) is 2.55. The normalized spacial score (nSPS) is 16.5. The molecule has 0 bridgehead atoms. The van der Waals surface area contributed by atoms with Crippen LogP contribution in [0.5, 0.6) is 0 Å². The van der Waals surface area contributed by atoms with Crippen molar-refractivity contribution in [3.8, 4) is 0 Å². The van der Waals surface area contributed by atoms with Crippen LogP contribution in [0.4, 0.5) is 0 Å². The zero-order valence-electron chi connectivity index (χ0n) is 15.0. The monoisotopic (exact) mass is 366 g/mol. The fourth-order valence-electron chi connectivity index (χ4n) is 2.60. The van der Waals surface area contributed by atoms with E-state index in [1.807, 2.05) is 18.2 Å². The molecular weight excluding hydrogens is 340 g/mol. The molecule has 1 aliphatic rings. The Bertz CT molecular complexity index is 715. The number of amides is 2. The van der Waals surface area contributed by atoms with E-state index < -0.39 is 20.3 Å². The summed E-state index contributed by atoms with van der Waals surface area (Å²) in [5, 5.41) is 2.97. The van der Waals surface area contributed by atoms with Gasteiger partial charge >= 0.3 is 0 Å². The van der Waals surface area contributed by atoms with E-state index in [4.69, 9.17) is 0 Å². The van der Waals surface area contributed by atoms with Crippen molar-refractivity contribution >= 4 is 21.7 Å². The maximum Gasteiger partial charge on any atom is 0.251 e. The van der Waals surface area contributed by atoms with Gasteiger partial charge in [-0.05, 0) is 45.7 Å². The van der Waals surface area contributed by atoms with E-state index in [1.54, 1.807) is 37.8 Å². The van der Waals surface area contributed by atoms with Gasteiger partial charge < -0.3 is 10.2 Å². The number of carbonyl (C=O) groups is 2. The van der Waals surface area contributed by atoms with E-state index in [9.17, 15) is 18.0 Å². The number of hydrogen-bond acceptors (Lipinski definition) is 4. The summed E-state index contributed by atoms with van der Waals surface area (Å²) < 4.78 is 23.4. The second-order valence-electron chi connectivity index (χ2n) is 7.37. The molecule has 0 radical (unpaired) electrons. The Balaban J connectivity index is 1.85. The average molecular weight is 366 g/mol. The Morgan fingerprint density at radius 1 is 1.12 bits per heavy atom. The summed E-state index contributed by atoms with van der Waals surface area (Å²) in [7, 11) is -3.48. The van der Waals surface area contributed by atoms with Gasteiger partial charge in [-0.15, -0.1) is 0 Å². The molecule has 0 spiro atoms. The van der Waals surface area contributed by atoms with Crippen LogP contribution in [0.2, 0.25) is 0 Å². The van der Waals surface area contributed by atoms with Gasteiger partial charge in [-0.25, -0.2) is 8.42 Å². The molecule has 1 aromatic rings. The van der Waals surface area contributed by atoms with Gasteiger partial charge in [0.05, 0.1) is 4.75 Å². The first kappa shape index (κ1) is 19.4. The molecule has 1 saturated heterocycles. The molecule has 0 aromatic heterocycles. The molecule has 2 rings (SSSR count). The Morgan fingerprint density at radius 2 is 1.68 bits per heavy atom. The van der Waals surface area contributed by atoms with Crippen molar-refractivity contribution in [3.63, 3.8) is 0 Å². The predicted molar refractivity (Wildman–Crippen MR) is 97.1 cm³/mol. The summed E-state index contributed by atoms with van der Waals surface area (Å²) >= 11 is 0. The fraction of sp³-hybridized carbons (Fsp3) is 0.556. The van der Waals surface area contributed by atoms with Crippen molar-refractivity contribution in [2.45, 2.75) is 44.4 Å². The second-order valence-corrected chi connectivity index (χ2v) is 10.1. The summed E-state index contributed by atoms with van der Waals surface area (Å²) in [6, 6.07) is 8.98. The van der Waals surface area contributed by atoms with E-state index >= 15 is 0 Å². The van der Waals surface area contributed by atoms with Gasteiger partial charge in [-0.2, -0.15) is 0 Å². The zero-order chi connectivity index (χ0) is 18.7. The van der Waals surface area contributed by atoms with Gasteiger partial charge in [0.2, 0.25) is 5.91 Å². The van der Waals surface area contributed by atoms with Crippen LogP contribution in [-0.4, -0.2) is 54.8 Å². The largest absolute Gasteiger partial charge is 0.349 e. The summed E-state index contributed by atoms with van der Waals surface area (Å²) in [5.74, 6) is -0.944. The van der Waals surface area contributed by atoms with E-state index in [1.165, 1.54) is 0 Å². The van der Waals surface area contributed by atoms with Gasteiger partial charge in [0.15, 0.2) is 9.84 Å². The van der Waals surface area contributed by atoms with Crippen molar-refractivity contribution < 1.29 is 18.0 Å². The highest BCUT2D eigenvalue weighted by atomic mass is 32.2. The van der Waals surface area contributed by atoms with Crippen LogP contribution in [0, 0.1) is 0 Å². The van der Waals surface area contributed by atoms with Crippen molar-refractivity contribution in [2.75, 3.05) is 18.8 Å². The molecular formula is C18H26N2O4S. The van der Waals surface area contributed by atoms with Crippen LogP contribution in [-0.2, 0) is 14.6 Å². The maximum atomic E-state index is 12.3. The molecule has 1 N–H and O–H groups in total. The second kappa shape index (κ2) is 7.56. The number of benzene rings is 1. The SMILES string of the molecule is CC(C)(C)S(=O)(=O)CC(=O)N1CCC(NC(=O)c2ccccc2)CC1. The number of nitrogens with one attached hydrogen (secondary N) is 1. The first-order valence-electron chi connectivity index (χ1n) is 8.46. The molecule has 1 heterocycles. The molecule has 0 aliphatic carbocycles. The van der Waals surface area contributed by atoms with Crippen LogP contribution in [0.25, 0.3) is 0 Å². The van der Waals surface area contributed by atoms with E-state index in [-0.39, 0.29) is 17.9 Å². The van der Waals surface area contributed by atoms with Crippen LogP contribution < -0.4 is 5.32 Å². The maximum absolute atomic E-state index is 12.3. The highest BCUT2D eigenvalue weighted by Gasteiger charge is 2.34. The molecule has 1 aliphatic heterocycles. The third-order valence-electron chi connectivity index (χ3n) is 4.47. The van der Waals surface area contributed by atoms with Gasteiger partial charge in [0, 0.05) is 24.7 Å². The summed E-state index contributed by atoms with van der Waals surface area (Å²) in [6.45, 7) is 5.71. The Kier molecular flexibility index (Phi) is 5.87. The fourth-order valence-corrected chi connectivity index (χ4v) is 3.54. The number of likely N-dealkylation sites (tertiary alicyclic amines) is 1. The van der Waals surface area contributed by atoms with Crippen LogP contribution in [0.1, 0.15) is 44.0 Å². The van der Waals surface area contributed by atoms with E-state index in [2.05, 4.69) is 5.32 Å². The molecule has 7 heteroatoms. The molecule has 25 heavy (non-hydrogen) atoms. The number of nitrogens with zero attached hydrogens (tertiary/aromatic N) is 1. The highest BCUT2D eigenvalue weighted by molar-refractivity contribution is 7.93. The zero-order valence-corrected chi connectivity index (χ0v) is 15.8. The van der Waals surface area contributed by atoms with Crippen molar-refractivity contribution in [1.82, 2.24) is 10.2 Å². The number of rotatable bonds is 4. The molecule has 6 nitrogen and oxygen atoms in total. The van der Waals surface area contributed by atoms with Crippen molar-refractivity contribution in [2.24, 2.45) is 0 Å². The number of carbonyl (C=O) groups excluding carboxylic acids is 2. The van der Waals surface area contributed by atoms with Crippen LogP contribution in [0.15, 0.2) is 30.3 Å². The summed E-state index contributed by atoms with van der Waals surface area (Å²) in [6.07, 6.45) is 1.25. The predicted octanol–water partition coefficient (Wildman–Crippen LogP) is 1.62. The quantitative estimate of drug-likeness (QED) is 0.878. The lowest BCUT2D eigenvalue weighted by molar-refractivity contribution is -0.129. The Hall–Kier alpha value is -1.89. The van der Waals surface area contributed by atoms with E-state index in [0.717, 1.165) is 0 Å². The van der Waals surface area contributed by atoms with Gasteiger partial charge in [0.1, 0.15) is 5.75 Å². The minimum atomic E-state index is -3.48. The number of sulfone groups is 1. The lowest BCUT2D eigenvalue weighted by Gasteiger charge is -2.33. The molecule has 0 unspecified atom stereocenters. The van der Waals surface area contributed by atoms with Gasteiger partial charge in [-0.3, -0.25) is 9.59 Å². The van der Waals surface area contributed by atoms with Crippen LogP contribution in [0.3, 0.4) is 0 Å². The Morgan fingerprint density at radius 3 is 2.20 bits per heavy atom. The van der Waals surface area contributed by atoms with Gasteiger partial charge in [-0.1, -0.05) is 18.2 Å². The third-order valence-corrected chi connectivity index (χ3v) is 6.96. The standard InChI is InChI=1S/C18H26N2O4S/c1-18(2,3)25(23,24)13-16(21)20-11-9-15(10-12-20)19-17(22)14-7-5-4-6-8-14/h4-8,15H,9-13H2,1-3H3,(H,19,22). The third kappa shape index (κ3) is 5.04. The molecule has 138 valence electrons. The van der Waals surface area contributed by atoms with E-state index in [0.29, 0.717) is 31.5 Å². The molecule has 2 amide bonds. The number of hydrogen-bond donors (Lipinski definition) is 1. The topological polar surface area (TPSA) is 83.6 Å². The lowest BCUT2D eigenvalue weighted by Crippen LogP contribution is -2.48. The van der Waals surface area contributed by atoms with Crippen molar-refractivity contribution in [3.05, 3.63) is 35.9 Å². The summed E-state index contributed by atoms with van der Waals surface area (Å²) in [4.78, 5) is 26.0. The molecule has 0 saturated carbocycles. The molecule has 1 fully saturated rings. The molecule has 1 aromatic carbocycles. The first-order valence-corrected chi connectivity index (χ1v) is 10.1. The Labute approximate surface area is 149 Å². The first-order chi connectivity index (χ1) is 11.6. The van der Waals surface area contributed by atoms with Crippen molar-refractivity contribution in [1.29, 1.82) is 0 Å².